The Kier molecular flexibility index (Phi) is 2.31. The van der Waals surface area contributed by atoms with Crippen molar-refractivity contribution in [1.82, 2.24) is 0 Å². The Morgan fingerprint density at radius 3 is 2.77 bits per heavy atom. The van der Waals surface area contributed by atoms with Gasteiger partial charge in [-0.2, -0.15) is 5.26 Å². The number of hydrogen-bond donors (Lipinski definition) is 0. The van der Waals surface area contributed by atoms with Crippen LogP contribution in [0.25, 0.3) is 0 Å². The highest BCUT2D eigenvalue weighted by Gasteiger charge is 2.37. The van der Waals surface area contributed by atoms with Crippen LogP contribution in [-0.2, 0) is 0 Å². The summed E-state index contributed by atoms with van der Waals surface area (Å²) in [5.74, 6) is 1.52. The van der Waals surface area contributed by atoms with Gasteiger partial charge in [0.05, 0.1) is 6.07 Å². The molecule has 0 N–H and O–H groups in total. The summed E-state index contributed by atoms with van der Waals surface area (Å²) >= 11 is 0. The van der Waals surface area contributed by atoms with E-state index in [0.717, 1.165) is 18.3 Å². The molecule has 66 valence electrons. The Labute approximate surface area is 79.0 Å². The molecule has 0 aliphatic heterocycles. The van der Waals surface area contributed by atoms with Gasteiger partial charge in [0.2, 0.25) is 0 Å². The molecule has 1 heteroatoms. The van der Waals surface area contributed by atoms with E-state index in [1.807, 2.05) is 0 Å². The van der Waals surface area contributed by atoms with E-state index in [4.69, 9.17) is 5.26 Å². The van der Waals surface area contributed by atoms with Crippen molar-refractivity contribution in [1.29, 1.82) is 5.26 Å². The van der Waals surface area contributed by atoms with E-state index in [1.54, 1.807) is 0 Å². The molecule has 1 aliphatic carbocycles. The van der Waals surface area contributed by atoms with E-state index in [9.17, 15) is 0 Å². The summed E-state index contributed by atoms with van der Waals surface area (Å²) in [5.41, 5.74) is 1.45. The van der Waals surface area contributed by atoms with Crippen LogP contribution in [0.3, 0.4) is 0 Å². The SMILES string of the molecule is N#CCC[C@H]1C[C@H]1c1ccccc1. The van der Waals surface area contributed by atoms with Crippen LogP contribution in [0.15, 0.2) is 30.3 Å². The average molecular weight is 171 g/mol. The minimum absolute atomic E-state index is 0.716. The standard InChI is InChI=1S/C12H13N/c13-8-4-7-11-9-12(11)10-5-2-1-3-6-10/h1-3,5-6,11-12H,4,7,9H2/t11-,12-/m0/s1. The molecule has 0 spiro atoms. The summed E-state index contributed by atoms with van der Waals surface area (Å²) in [7, 11) is 0. The van der Waals surface area contributed by atoms with Crippen molar-refractivity contribution < 1.29 is 0 Å². The molecule has 1 aliphatic rings. The summed E-state index contributed by atoms with van der Waals surface area (Å²) < 4.78 is 0. The van der Waals surface area contributed by atoms with E-state index < -0.39 is 0 Å². The van der Waals surface area contributed by atoms with Gasteiger partial charge in [-0.05, 0) is 30.2 Å². The van der Waals surface area contributed by atoms with Crippen molar-refractivity contribution in [3.05, 3.63) is 35.9 Å². The van der Waals surface area contributed by atoms with Gasteiger partial charge in [-0.15, -0.1) is 0 Å². The Hall–Kier alpha value is -1.29. The molecule has 1 nitrogen and oxygen atoms in total. The molecule has 0 saturated heterocycles. The maximum absolute atomic E-state index is 8.45. The molecule has 0 aromatic heterocycles. The minimum Gasteiger partial charge on any atom is -0.198 e. The third-order valence-corrected chi connectivity index (χ3v) is 2.78. The van der Waals surface area contributed by atoms with Crippen LogP contribution in [0.1, 0.15) is 30.7 Å². The lowest BCUT2D eigenvalue weighted by molar-refractivity contribution is 0.722. The molecular weight excluding hydrogens is 158 g/mol. The molecule has 1 saturated carbocycles. The number of nitrogens with zero attached hydrogens (tertiary/aromatic N) is 1. The van der Waals surface area contributed by atoms with E-state index in [-0.39, 0.29) is 0 Å². The van der Waals surface area contributed by atoms with Gasteiger partial charge in [-0.25, -0.2) is 0 Å². The first-order chi connectivity index (χ1) is 6.42. The van der Waals surface area contributed by atoms with Gasteiger partial charge in [0.25, 0.3) is 0 Å². The van der Waals surface area contributed by atoms with Crippen LogP contribution >= 0.6 is 0 Å². The topological polar surface area (TPSA) is 23.8 Å². The van der Waals surface area contributed by atoms with Crippen molar-refractivity contribution in [3.63, 3.8) is 0 Å². The highest BCUT2D eigenvalue weighted by atomic mass is 14.4. The maximum atomic E-state index is 8.45. The predicted octanol–water partition coefficient (Wildman–Crippen LogP) is 3.09. The molecule has 1 aromatic rings. The Bertz CT molecular complexity index is 310. The number of rotatable bonds is 3. The first kappa shape index (κ1) is 8.31. The van der Waals surface area contributed by atoms with E-state index in [1.165, 1.54) is 12.0 Å². The summed E-state index contributed by atoms with van der Waals surface area (Å²) in [6, 6.07) is 12.8. The molecular formula is C12H13N. The Morgan fingerprint density at radius 1 is 1.31 bits per heavy atom. The fourth-order valence-electron chi connectivity index (χ4n) is 1.93. The molecule has 1 aromatic carbocycles. The molecule has 1 fully saturated rings. The molecule has 0 heterocycles. The Morgan fingerprint density at radius 2 is 2.08 bits per heavy atom. The monoisotopic (exact) mass is 171 g/mol. The molecule has 0 bridgehead atoms. The van der Waals surface area contributed by atoms with E-state index in [2.05, 4.69) is 36.4 Å². The van der Waals surface area contributed by atoms with Crippen LogP contribution in [-0.4, -0.2) is 0 Å². The second-order valence-electron chi connectivity index (χ2n) is 3.71. The number of hydrogen-bond acceptors (Lipinski definition) is 1. The maximum Gasteiger partial charge on any atom is 0.0621 e. The van der Waals surface area contributed by atoms with Gasteiger partial charge in [0, 0.05) is 6.42 Å². The van der Waals surface area contributed by atoms with Crippen LogP contribution in [0.4, 0.5) is 0 Å². The fourth-order valence-corrected chi connectivity index (χ4v) is 1.93. The van der Waals surface area contributed by atoms with Gasteiger partial charge in [-0.3, -0.25) is 0 Å². The first-order valence-electron chi connectivity index (χ1n) is 4.83. The fraction of sp³-hybridized carbons (Fsp3) is 0.417. The zero-order chi connectivity index (χ0) is 9.10. The van der Waals surface area contributed by atoms with Crippen LogP contribution < -0.4 is 0 Å². The second-order valence-corrected chi connectivity index (χ2v) is 3.71. The zero-order valence-corrected chi connectivity index (χ0v) is 7.61. The molecule has 0 radical (unpaired) electrons. The third-order valence-electron chi connectivity index (χ3n) is 2.78. The summed E-state index contributed by atoms with van der Waals surface area (Å²) in [6.45, 7) is 0. The quantitative estimate of drug-likeness (QED) is 0.685. The van der Waals surface area contributed by atoms with Gasteiger partial charge >= 0.3 is 0 Å². The van der Waals surface area contributed by atoms with Gasteiger partial charge in [0.15, 0.2) is 0 Å². The van der Waals surface area contributed by atoms with E-state index >= 15 is 0 Å². The average Bonchev–Trinajstić information content (AvgIpc) is 2.95. The zero-order valence-electron chi connectivity index (χ0n) is 7.61. The number of benzene rings is 1. The lowest BCUT2D eigenvalue weighted by atomic mass is 10.1. The Balaban J connectivity index is 1.90. The summed E-state index contributed by atoms with van der Waals surface area (Å²) in [5, 5.41) is 8.45. The van der Waals surface area contributed by atoms with Crippen molar-refractivity contribution in [3.8, 4) is 6.07 Å². The van der Waals surface area contributed by atoms with Gasteiger partial charge in [0.1, 0.15) is 0 Å². The lowest BCUT2D eigenvalue weighted by Crippen LogP contribution is -1.82. The molecule has 0 amide bonds. The first-order valence-corrected chi connectivity index (χ1v) is 4.83. The van der Waals surface area contributed by atoms with Crippen LogP contribution in [0.5, 0.6) is 0 Å². The van der Waals surface area contributed by atoms with Crippen molar-refractivity contribution >= 4 is 0 Å². The smallest absolute Gasteiger partial charge is 0.0621 e. The predicted molar refractivity (Wildman–Crippen MR) is 52.1 cm³/mol. The number of nitriles is 1. The minimum atomic E-state index is 0.716. The second kappa shape index (κ2) is 3.62. The van der Waals surface area contributed by atoms with Crippen LogP contribution in [0.2, 0.25) is 0 Å². The molecule has 13 heavy (non-hydrogen) atoms. The summed E-state index contributed by atoms with van der Waals surface area (Å²) in [4.78, 5) is 0. The highest BCUT2D eigenvalue weighted by Crippen LogP contribution is 2.49. The van der Waals surface area contributed by atoms with Gasteiger partial charge < -0.3 is 0 Å². The summed E-state index contributed by atoms with van der Waals surface area (Å²) in [6.07, 6.45) is 3.08. The van der Waals surface area contributed by atoms with E-state index in [0.29, 0.717) is 6.42 Å². The molecule has 2 rings (SSSR count). The van der Waals surface area contributed by atoms with Crippen molar-refractivity contribution in [2.75, 3.05) is 0 Å². The molecule has 2 atom stereocenters. The lowest BCUT2D eigenvalue weighted by Gasteiger charge is -1.97. The molecule has 0 unspecified atom stereocenters. The third kappa shape index (κ3) is 1.89. The highest BCUT2D eigenvalue weighted by molar-refractivity contribution is 5.25. The van der Waals surface area contributed by atoms with Gasteiger partial charge in [-0.1, -0.05) is 30.3 Å². The van der Waals surface area contributed by atoms with Crippen LogP contribution in [0, 0.1) is 17.2 Å². The largest absolute Gasteiger partial charge is 0.198 e. The normalized spacial score (nSPS) is 25.2. The van der Waals surface area contributed by atoms with Crippen molar-refractivity contribution in [2.45, 2.75) is 25.2 Å². The van der Waals surface area contributed by atoms with Crippen molar-refractivity contribution in [2.24, 2.45) is 5.92 Å².